The van der Waals surface area contributed by atoms with Crippen molar-refractivity contribution in [2.45, 2.75) is 11.1 Å². The third kappa shape index (κ3) is 3.68. The van der Waals surface area contributed by atoms with Crippen LogP contribution in [0.3, 0.4) is 0 Å². The summed E-state index contributed by atoms with van der Waals surface area (Å²) in [5.41, 5.74) is 0. The standard InChI is InChI=1S/C16H18N2O5S3/c1-11-3-6-14(24-11)26(21,22)18-9-7-17(8-10-18)15(19)12-4-5-13(25-12)16(20)23-2/h3-6H,7-10H2,1-2H3. The van der Waals surface area contributed by atoms with E-state index in [1.54, 1.807) is 29.2 Å². The number of carbonyl (C=O) groups excluding carboxylic acids is 2. The minimum Gasteiger partial charge on any atom is -0.465 e. The number of amides is 1. The Kier molecular flexibility index (Phi) is 5.47. The molecule has 2 aromatic rings. The molecule has 2 aromatic heterocycles. The summed E-state index contributed by atoms with van der Waals surface area (Å²) in [6.45, 7) is 2.99. The molecule has 1 fully saturated rings. The lowest BCUT2D eigenvalue weighted by molar-refractivity contribution is 0.0606. The topological polar surface area (TPSA) is 84.0 Å². The highest BCUT2D eigenvalue weighted by Gasteiger charge is 2.31. The Labute approximate surface area is 159 Å². The van der Waals surface area contributed by atoms with E-state index in [1.165, 1.54) is 22.8 Å². The summed E-state index contributed by atoms with van der Waals surface area (Å²) >= 11 is 2.32. The number of esters is 1. The van der Waals surface area contributed by atoms with Gasteiger partial charge in [0, 0.05) is 31.1 Å². The van der Waals surface area contributed by atoms with Gasteiger partial charge in [-0.25, -0.2) is 13.2 Å². The van der Waals surface area contributed by atoms with Crippen molar-refractivity contribution in [3.8, 4) is 0 Å². The zero-order valence-electron chi connectivity index (χ0n) is 14.3. The summed E-state index contributed by atoms with van der Waals surface area (Å²) in [6.07, 6.45) is 0. The van der Waals surface area contributed by atoms with Crippen LogP contribution in [0.4, 0.5) is 0 Å². The van der Waals surface area contributed by atoms with Crippen LogP contribution in [0, 0.1) is 6.92 Å². The monoisotopic (exact) mass is 414 g/mol. The number of aryl methyl sites for hydroxylation is 1. The molecule has 7 nitrogen and oxygen atoms in total. The normalized spacial score (nSPS) is 15.8. The molecular weight excluding hydrogens is 396 g/mol. The van der Waals surface area contributed by atoms with E-state index < -0.39 is 16.0 Å². The molecule has 1 aliphatic heterocycles. The second kappa shape index (κ2) is 7.47. The molecule has 0 radical (unpaired) electrons. The van der Waals surface area contributed by atoms with Gasteiger partial charge in [0.2, 0.25) is 0 Å². The number of hydrogen-bond acceptors (Lipinski definition) is 7. The van der Waals surface area contributed by atoms with Crippen molar-refractivity contribution in [3.63, 3.8) is 0 Å². The lowest BCUT2D eigenvalue weighted by atomic mass is 10.3. The summed E-state index contributed by atoms with van der Waals surface area (Å²) < 4.78 is 31.7. The summed E-state index contributed by atoms with van der Waals surface area (Å²) in [4.78, 5) is 27.4. The summed E-state index contributed by atoms with van der Waals surface area (Å²) in [5, 5.41) is 0. The van der Waals surface area contributed by atoms with Crippen LogP contribution in [-0.2, 0) is 14.8 Å². The summed E-state index contributed by atoms with van der Waals surface area (Å²) in [7, 11) is -2.22. The molecule has 3 heterocycles. The Morgan fingerprint density at radius 3 is 2.23 bits per heavy atom. The smallest absolute Gasteiger partial charge is 0.348 e. The third-order valence-electron chi connectivity index (χ3n) is 4.04. The molecule has 1 amide bonds. The Morgan fingerprint density at radius 2 is 1.65 bits per heavy atom. The summed E-state index contributed by atoms with van der Waals surface area (Å²) in [6, 6.07) is 6.56. The van der Waals surface area contributed by atoms with Gasteiger partial charge in [-0.15, -0.1) is 22.7 Å². The molecule has 0 atom stereocenters. The second-order valence-corrected chi connectivity index (χ2v) is 10.3. The van der Waals surface area contributed by atoms with Crippen LogP contribution in [-0.4, -0.2) is 62.8 Å². The molecule has 0 bridgehead atoms. The molecule has 26 heavy (non-hydrogen) atoms. The first-order valence-electron chi connectivity index (χ1n) is 7.87. The molecule has 0 spiro atoms. The van der Waals surface area contributed by atoms with Gasteiger partial charge in [-0.2, -0.15) is 4.31 Å². The Balaban J connectivity index is 1.65. The fourth-order valence-electron chi connectivity index (χ4n) is 2.63. The Hall–Kier alpha value is -1.75. The van der Waals surface area contributed by atoms with Crippen molar-refractivity contribution in [1.29, 1.82) is 0 Å². The number of carbonyl (C=O) groups is 2. The molecule has 0 N–H and O–H groups in total. The number of sulfonamides is 1. The predicted molar refractivity (Wildman–Crippen MR) is 99.4 cm³/mol. The van der Waals surface area contributed by atoms with E-state index in [9.17, 15) is 18.0 Å². The van der Waals surface area contributed by atoms with Crippen molar-refractivity contribution < 1.29 is 22.7 Å². The van der Waals surface area contributed by atoms with E-state index >= 15 is 0 Å². The molecule has 140 valence electrons. The average molecular weight is 415 g/mol. The fraction of sp³-hybridized carbons (Fsp3) is 0.375. The predicted octanol–water partition coefficient (Wildman–Crippen LogP) is 2.05. The molecule has 0 unspecified atom stereocenters. The quantitative estimate of drug-likeness (QED) is 0.715. The van der Waals surface area contributed by atoms with Crippen molar-refractivity contribution in [1.82, 2.24) is 9.21 Å². The largest absolute Gasteiger partial charge is 0.465 e. The molecule has 0 aromatic carbocycles. The minimum atomic E-state index is -3.51. The zero-order valence-corrected chi connectivity index (χ0v) is 16.7. The van der Waals surface area contributed by atoms with Crippen LogP contribution in [0.25, 0.3) is 0 Å². The molecular formula is C16H18N2O5S3. The van der Waals surface area contributed by atoms with Gasteiger partial charge in [0.15, 0.2) is 0 Å². The average Bonchev–Trinajstić information content (AvgIpc) is 3.30. The van der Waals surface area contributed by atoms with Gasteiger partial charge in [-0.05, 0) is 31.2 Å². The lowest BCUT2D eigenvalue weighted by Crippen LogP contribution is -2.50. The molecule has 3 rings (SSSR count). The lowest BCUT2D eigenvalue weighted by Gasteiger charge is -2.33. The van der Waals surface area contributed by atoms with Crippen LogP contribution in [0.15, 0.2) is 28.5 Å². The van der Waals surface area contributed by atoms with Crippen molar-refractivity contribution in [2.75, 3.05) is 33.3 Å². The number of piperazine rings is 1. The highest BCUT2D eigenvalue weighted by Crippen LogP contribution is 2.26. The van der Waals surface area contributed by atoms with E-state index in [2.05, 4.69) is 4.74 Å². The number of rotatable bonds is 4. The highest BCUT2D eigenvalue weighted by atomic mass is 32.2. The van der Waals surface area contributed by atoms with Gasteiger partial charge >= 0.3 is 5.97 Å². The maximum atomic E-state index is 12.6. The molecule has 0 aliphatic carbocycles. The zero-order chi connectivity index (χ0) is 18.9. The minimum absolute atomic E-state index is 0.200. The molecule has 1 aliphatic rings. The summed E-state index contributed by atoms with van der Waals surface area (Å²) in [5.74, 6) is -0.676. The van der Waals surface area contributed by atoms with Gasteiger partial charge in [-0.3, -0.25) is 4.79 Å². The number of ether oxygens (including phenoxy) is 1. The van der Waals surface area contributed by atoms with Crippen LogP contribution >= 0.6 is 22.7 Å². The SMILES string of the molecule is COC(=O)c1ccc(C(=O)N2CCN(S(=O)(=O)c3ccc(C)s3)CC2)s1. The first-order chi connectivity index (χ1) is 12.3. The van der Waals surface area contributed by atoms with Crippen LogP contribution in [0.5, 0.6) is 0 Å². The van der Waals surface area contributed by atoms with Gasteiger partial charge in [-0.1, -0.05) is 0 Å². The third-order valence-corrected chi connectivity index (χ3v) is 8.46. The number of hydrogen-bond donors (Lipinski definition) is 0. The maximum absolute atomic E-state index is 12.6. The first kappa shape index (κ1) is 19.0. The van der Waals surface area contributed by atoms with Crippen molar-refractivity contribution >= 4 is 44.6 Å². The van der Waals surface area contributed by atoms with Crippen LogP contribution < -0.4 is 0 Å². The Bertz CT molecular complexity index is 923. The van der Waals surface area contributed by atoms with E-state index in [1.807, 2.05) is 6.92 Å². The van der Waals surface area contributed by atoms with E-state index in [0.717, 1.165) is 16.2 Å². The Morgan fingerprint density at radius 1 is 1.00 bits per heavy atom. The molecule has 10 heteroatoms. The van der Waals surface area contributed by atoms with E-state index in [-0.39, 0.29) is 19.0 Å². The van der Waals surface area contributed by atoms with Crippen molar-refractivity contribution in [2.24, 2.45) is 0 Å². The fourth-order valence-corrected chi connectivity index (χ4v) is 6.38. The molecule has 1 saturated heterocycles. The number of nitrogens with zero attached hydrogens (tertiary/aromatic N) is 2. The highest BCUT2D eigenvalue weighted by molar-refractivity contribution is 7.91. The van der Waals surface area contributed by atoms with E-state index in [0.29, 0.717) is 27.1 Å². The number of methoxy groups -OCH3 is 1. The maximum Gasteiger partial charge on any atom is 0.348 e. The first-order valence-corrected chi connectivity index (χ1v) is 10.9. The van der Waals surface area contributed by atoms with E-state index in [4.69, 9.17) is 0 Å². The number of thiophene rings is 2. The van der Waals surface area contributed by atoms with Crippen molar-refractivity contribution in [3.05, 3.63) is 38.9 Å². The second-order valence-electron chi connectivity index (χ2n) is 5.72. The van der Waals surface area contributed by atoms with Gasteiger partial charge in [0.1, 0.15) is 9.09 Å². The van der Waals surface area contributed by atoms with Gasteiger partial charge < -0.3 is 9.64 Å². The van der Waals surface area contributed by atoms with Crippen LogP contribution in [0.1, 0.15) is 24.2 Å². The molecule has 0 saturated carbocycles. The van der Waals surface area contributed by atoms with Gasteiger partial charge in [0.05, 0.1) is 12.0 Å². The van der Waals surface area contributed by atoms with Gasteiger partial charge in [0.25, 0.3) is 15.9 Å². The van der Waals surface area contributed by atoms with Crippen LogP contribution in [0.2, 0.25) is 0 Å².